The van der Waals surface area contributed by atoms with Crippen LogP contribution in [0, 0.1) is 51.8 Å². The molecular formula is C72H78F4O13S2+2. The number of ether oxygens (including phenoxy) is 8. The first kappa shape index (κ1) is 63.7. The molecule has 10 fully saturated rings. The van der Waals surface area contributed by atoms with E-state index in [2.05, 4.69) is 109 Å². The summed E-state index contributed by atoms with van der Waals surface area (Å²) < 4.78 is 98.8. The maximum absolute atomic E-state index is 13.1. The summed E-state index contributed by atoms with van der Waals surface area (Å²) in [5.74, 6) is -3.82. The van der Waals surface area contributed by atoms with Gasteiger partial charge in [-0.1, -0.05) is 84.9 Å². The van der Waals surface area contributed by atoms with Crippen molar-refractivity contribution < 1.29 is 80.4 Å². The first-order valence-corrected chi connectivity index (χ1v) is 34.1. The summed E-state index contributed by atoms with van der Waals surface area (Å²) in [6.07, 6.45) is 6.83. The summed E-state index contributed by atoms with van der Waals surface area (Å²) >= 11 is 0. The predicted octanol–water partition coefficient (Wildman–Crippen LogP) is 13.6. The lowest BCUT2D eigenvalue weighted by atomic mass is 9.47. The quantitative estimate of drug-likeness (QED) is 0.0636. The van der Waals surface area contributed by atoms with E-state index in [0.717, 1.165) is 62.5 Å². The molecule has 19 heteroatoms. The van der Waals surface area contributed by atoms with Crippen LogP contribution in [0.4, 0.5) is 17.6 Å². The van der Waals surface area contributed by atoms with Crippen molar-refractivity contribution in [3.63, 3.8) is 0 Å². The van der Waals surface area contributed by atoms with Gasteiger partial charge in [0, 0.05) is 37.5 Å². The number of hydrogen-bond acceptors (Lipinski definition) is 13. The third kappa shape index (κ3) is 12.4. The van der Waals surface area contributed by atoms with Crippen molar-refractivity contribution >= 4 is 33.7 Å². The molecule has 18 rings (SSSR count). The Bertz CT molecular complexity index is 3300. The maximum Gasteiger partial charge on any atom is 0.312 e. The van der Waals surface area contributed by atoms with Crippen molar-refractivity contribution in [2.75, 3.05) is 52.9 Å². The first-order valence-electron chi connectivity index (χ1n) is 31.6. The molecule has 4 heterocycles. The Labute approximate surface area is 533 Å². The van der Waals surface area contributed by atoms with Crippen LogP contribution in [0.3, 0.4) is 0 Å². The van der Waals surface area contributed by atoms with E-state index in [1.54, 1.807) is 0 Å². The highest BCUT2D eigenvalue weighted by Gasteiger charge is 2.70. The smallest absolute Gasteiger partial charge is 0.312 e. The normalized spacial score (nSPS) is 29.7. The van der Waals surface area contributed by atoms with Gasteiger partial charge in [-0.25, -0.2) is 17.6 Å². The number of alkyl halides is 4. The number of aliphatic hydroxyl groups excluding tert-OH is 3. The van der Waals surface area contributed by atoms with Gasteiger partial charge < -0.3 is 53.2 Å². The van der Waals surface area contributed by atoms with Crippen molar-refractivity contribution in [3.05, 3.63) is 158 Å². The predicted molar refractivity (Wildman–Crippen MR) is 330 cm³/mol. The molecule has 8 aliphatic carbocycles. The molecule has 8 saturated carbocycles. The number of rotatable bonds is 11. The average molecular weight is 1290 g/mol. The van der Waals surface area contributed by atoms with Gasteiger partial charge in [0.1, 0.15) is 27.9 Å². The summed E-state index contributed by atoms with van der Waals surface area (Å²) in [4.78, 5) is 33.0. The number of esters is 2. The zero-order valence-corrected chi connectivity index (χ0v) is 52.7. The van der Waals surface area contributed by atoms with Crippen LogP contribution in [-0.2, 0) is 59.8 Å². The number of hydrogen-bond donors (Lipinski definition) is 3. The molecule has 0 radical (unpaired) electrons. The molecule has 0 aromatic heterocycles. The number of benzene rings is 6. The van der Waals surface area contributed by atoms with E-state index < -0.39 is 64.8 Å². The van der Waals surface area contributed by atoms with Crippen LogP contribution in [0.25, 0.3) is 0 Å². The topological polar surface area (TPSA) is 169 Å². The zero-order chi connectivity index (χ0) is 63.4. The lowest BCUT2D eigenvalue weighted by Crippen LogP contribution is -2.68. The van der Waals surface area contributed by atoms with Crippen molar-refractivity contribution in [1.29, 1.82) is 0 Å². The fourth-order valence-corrected chi connectivity index (χ4v) is 20.8. The Morgan fingerprint density at radius 3 is 1.15 bits per heavy atom. The van der Waals surface area contributed by atoms with E-state index in [0.29, 0.717) is 57.0 Å². The summed E-state index contributed by atoms with van der Waals surface area (Å²) in [5.41, 5.74) is -2.19. The molecule has 3 N–H and O–H groups in total. The highest BCUT2D eigenvalue weighted by Crippen LogP contribution is 2.68. The van der Waals surface area contributed by atoms with Gasteiger partial charge in [-0.2, -0.15) is 0 Å². The molecule has 91 heavy (non-hydrogen) atoms. The van der Waals surface area contributed by atoms with Crippen LogP contribution in [0.1, 0.15) is 78.1 Å². The lowest BCUT2D eigenvalue weighted by molar-refractivity contribution is -0.391. The van der Waals surface area contributed by atoms with Crippen LogP contribution in [0.2, 0.25) is 0 Å². The fraction of sp³-hybridized carbons (Fsp3) is 0.472. The second kappa shape index (κ2) is 25.4. The molecule has 5 unspecified atom stereocenters. The van der Waals surface area contributed by atoms with E-state index >= 15 is 0 Å². The second-order valence-corrected chi connectivity index (χ2v) is 30.8. The molecule has 0 amide bonds. The Hall–Kier alpha value is -6.00. The standard InChI is InChI=1S/C19H28F2O6.2C18H13OS.C17H24F2O5/c1-16(20,21)9-25-15(24)18-4-12-2-13(5-18)19(14(3-12)6-18)26-10-17(7-22,8-23)11-27-19;2*1-2-8-14(9-3-1)20-17-12-6-4-10-15(17)19-16-11-5-7-13-18(16)20;1-15(18,19)9-22-14(21)16-4-10-2-11(5-16)17(12(3-10)6-16)23-8-13(7-20)24-17/h12-14,22-23H,2-11H2,1H3;2*1-13H;10-13,20H,2-9H2,1H3/q;2*+1;. The Morgan fingerprint density at radius 1 is 0.484 bits per heavy atom. The molecule has 2 spiro atoms. The number of halogens is 4. The minimum Gasteiger partial charge on any atom is -0.459 e. The Kier molecular flexibility index (Phi) is 17.8. The van der Waals surface area contributed by atoms with Crippen LogP contribution < -0.4 is 9.47 Å². The molecule has 12 aliphatic rings. The maximum atomic E-state index is 13.1. The second-order valence-electron chi connectivity index (χ2n) is 26.8. The molecule has 6 aromatic carbocycles. The van der Waals surface area contributed by atoms with Crippen LogP contribution in [0.15, 0.2) is 187 Å². The van der Waals surface area contributed by atoms with E-state index in [-0.39, 0.29) is 84.6 Å². The third-order valence-electron chi connectivity index (χ3n) is 20.0. The van der Waals surface area contributed by atoms with Gasteiger partial charge in [-0.3, -0.25) is 9.59 Å². The molecule has 13 nitrogen and oxygen atoms in total. The van der Waals surface area contributed by atoms with E-state index in [1.165, 1.54) is 29.4 Å². The minimum absolute atomic E-state index is 0.00572. The van der Waals surface area contributed by atoms with E-state index in [1.807, 2.05) is 48.5 Å². The molecule has 6 aromatic rings. The molecule has 4 aliphatic heterocycles. The number of para-hydroxylation sites is 4. The monoisotopic (exact) mass is 1290 g/mol. The van der Waals surface area contributed by atoms with Gasteiger partial charge in [0.2, 0.25) is 19.6 Å². The highest BCUT2D eigenvalue weighted by molar-refractivity contribution is 7.97. The summed E-state index contributed by atoms with van der Waals surface area (Å²) in [5, 5.41) is 28.5. The Morgan fingerprint density at radius 2 is 0.824 bits per heavy atom. The van der Waals surface area contributed by atoms with Gasteiger partial charge in [0.25, 0.3) is 11.8 Å². The highest BCUT2D eigenvalue weighted by atomic mass is 32.2. The van der Waals surface area contributed by atoms with Gasteiger partial charge in [0.05, 0.1) is 55.9 Å². The summed E-state index contributed by atoms with van der Waals surface area (Å²) in [6, 6.07) is 54.6. The van der Waals surface area contributed by atoms with Crippen molar-refractivity contribution in [3.8, 4) is 23.0 Å². The number of carbonyl (C=O) groups is 2. The van der Waals surface area contributed by atoms with E-state index in [9.17, 15) is 42.5 Å². The van der Waals surface area contributed by atoms with Crippen LogP contribution >= 0.6 is 0 Å². The van der Waals surface area contributed by atoms with Crippen molar-refractivity contribution in [2.24, 2.45) is 51.8 Å². The lowest BCUT2D eigenvalue weighted by Gasteiger charge is -2.64. The zero-order valence-electron chi connectivity index (χ0n) is 51.0. The molecule has 5 atom stereocenters. The molecule has 8 bridgehead atoms. The largest absolute Gasteiger partial charge is 0.459 e. The number of carbonyl (C=O) groups excluding carboxylic acids is 2. The summed E-state index contributed by atoms with van der Waals surface area (Å²) in [6.45, 7) is 0.000447. The fourth-order valence-electron chi connectivity index (χ4n) is 16.3. The number of aliphatic hydroxyl groups is 3. The minimum atomic E-state index is -3.04. The van der Waals surface area contributed by atoms with Gasteiger partial charge in [-0.05, 0) is 149 Å². The number of fused-ring (bicyclic) bond motifs is 4. The third-order valence-corrected chi connectivity index (χ3v) is 24.6. The average Bonchev–Trinajstić information content (AvgIpc) is 1.54. The van der Waals surface area contributed by atoms with Crippen molar-refractivity contribution in [1.82, 2.24) is 0 Å². The molecule has 2 saturated heterocycles. The molecular weight excluding hydrogens is 1210 g/mol. The van der Waals surface area contributed by atoms with Gasteiger partial charge in [0.15, 0.2) is 57.6 Å². The first-order chi connectivity index (χ1) is 43.8. The van der Waals surface area contributed by atoms with Gasteiger partial charge in [-0.15, -0.1) is 0 Å². The van der Waals surface area contributed by atoms with Crippen LogP contribution in [-0.4, -0.2) is 110 Å². The van der Waals surface area contributed by atoms with Crippen LogP contribution in [0.5, 0.6) is 23.0 Å². The molecule has 482 valence electrons. The van der Waals surface area contributed by atoms with Crippen molar-refractivity contribution in [2.45, 2.75) is 137 Å². The van der Waals surface area contributed by atoms with E-state index in [4.69, 9.17) is 37.9 Å². The Balaban J connectivity index is 0.000000112. The SMILES string of the molecule is CC(F)(F)COC(=O)C12CC3CC(C1)C1(OCC(CO)(CO)CO1)C(C3)C2.CC(F)(F)COC(=O)C12CC3CC(C1)C1(OCC(CO)O1)C(C3)C2.c1ccc([S+]2c3ccccc3Oc3ccccc32)cc1.c1ccc([S+]2c3ccccc3Oc3ccccc32)cc1. The van der Waals surface area contributed by atoms with Gasteiger partial charge >= 0.3 is 11.9 Å². The summed E-state index contributed by atoms with van der Waals surface area (Å²) in [7, 11) is -0.166.